The normalized spacial score (nSPS) is 13.0. The number of halogens is 1. The van der Waals surface area contributed by atoms with E-state index in [1.807, 2.05) is 35.9 Å². The van der Waals surface area contributed by atoms with E-state index in [-0.39, 0.29) is 6.04 Å². The van der Waals surface area contributed by atoms with E-state index in [0.717, 1.165) is 21.3 Å². The molecule has 18 heavy (non-hydrogen) atoms. The van der Waals surface area contributed by atoms with Gasteiger partial charge in [-0.05, 0) is 44.0 Å². The number of benzene rings is 1. The molecule has 0 aliphatic heterocycles. The summed E-state index contributed by atoms with van der Waals surface area (Å²) in [6, 6.07) is 7.99. The van der Waals surface area contributed by atoms with Gasteiger partial charge in [-0.2, -0.15) is 5.10 Å². The zero-order chi connectivity index (χ0) is 13.3. The maximum absolute atomic E-state index is 10.4. The van der Waals surface area contributed by atoms with E-state index < -0.39 is 6.10 Å². The lowest BCUT2D eigenvalue weighted by molar-refractivity contribution is 0.205. The largest absolute Gasteiger partial charge is 0.382 e. The number of rotatable bonds is 3. The van der Waals surface area contributed by atoms with Gasteiger partial charge in [0.05, 0.1) is 5.69 Å². The van der Waals surface area contributed by atoms with Crippen molar-refractivity contribution >= 4 is 15.9 Å². The lowest BCUT2D eigenvalue weighted by Gasteiger charge is -2.16. The molecule has 0 bridgehead atoms. The molecule has 0 amide bonds. The van der Waals surface area contributed by atoms with Gasteiger partial charge in [0.1, 0.15) is 6.10 Å². The van der Waals surface area contributed by atoms with Crippen molar-refractivity contribution < 1.29 is 5.11 Å². The molecule has 1 aromatic heterocycles. The molecule has 0 saturated heterocycles. The molecule has 0 aliphatic carbocycles. The molecule has 1 aromatic carbocycles. The number of aryl methyl sites for hydroxylation is 1. The zero-order valence-corrected chi connectivity index (χ0v) is 12.3. The molecule has 2 rings (SSSR count). The third-order valence-corrected chi connectivity index (χ3v) is 3.86. The molecule has 2 aromatic rings. The van der Waals surface area contributed by atoms with Crippen LogP contribution in [0.2, 0.25) is 0 Å². The molecular weight excluding hydrogens is 292 g/mol. The van der Waals surface area contributed by atoms with Crippen LogP contribution in [0.1, 0.15) is 42.8 Å². The van der Waals surface area contributed by atoms with Crippen LogP contribution in [0, 0.1) is 6.92 Å². The van der Waals surface area contributed by atoms with E-state index >= 15 is 0 Å². The van der Waals surface area contributed by atoms with Crippen molar-refractivity contribution in [1.29, 1.82) is 0 Å². The van der Waals surface area contributed by atoms with Gasteiger partial charge in [0.15, 0.2) is 0 Å². The van der Waals surface area contributed by atoms with Crippen molar-refractivity contribution in [2.24, 2.45) is 0 Å². The maximum Gasteiger partial charge on any atom is 0.121 e. The summed E-state index contributed by atoms with van der Waals surface area (Å²) in [6.07, 6.45) is 1.09. The van der Waals surface area contributed by atoms with Gasteiger partial charge in [-0.25, -0.2) is 0 Å². The van der Waals surface area contributed by atoms with Crippen LogP contribution in [-0.2, 0) is 0 Å². The molecule has 96 valence electrons. The van der Waals surface area contributed by atoms with Gasteiger partial charge in [-0.15, -0.1) is 0 Å². The smallest absolute Gasteiger partial charge is 0.121 e. The highest BCUT2D eigenvalue weighted by molar-refractivity contribution is 9.10. The average molecular weight is 309 g/mol. The van der Waals surface area contributed by atoms with Gasteiger partial charge in [-0.1, -0.05) is 28.1 Å². The van der Waals surface area contributed by atoms with Gasteiger partial charge < -0.3 is 5.11 Å². The molecule has 0 spiro atoms. The Balaban J connectivity index is 2.38. The highest BCUT2D eigenvalue weighted by Gasteiger charge is 2.17. The summed E-state index contributed by atoms with van der Waals surface area (Å²) >= 11 is 3.47. The molecule has 1 heterocycles. The van der Waals surface area contributed by atoms with Gasteiger partial charge >= 0.3 is 0 Å². The Kier molecular flexibility index (Phi) is 3.88. The van der Waals surface area contributed by atoms with Crippen LogP contribution in [0.25, 0.3) is 0 Å². The summed E-state index contributed by atoms with van der Waals surface area (Å²) in [5, 5.41) is 14.7. The van der Waals surface area contributed by atoms with E-state index in [0.29, 0.717) is 0 Å². The minimum atomic E-state index is -0.637. The molecule has 0 fully saturated rings. The monoisotopic (exact) mass is 308 g/mol. The second-order valence-electron chi connectivity index (χ2n) is 4.71. The third kappa shape index (κ3) is 2.49. The Hall–Kier alpha value is -1.13. The maximum atomic E-state index is 10.4. The van der Waals surface area contributed by atoms with Gasteiger partial charge in [0, 0.05) is 16.7 Å². The fraction of sp³-hybridized carbons (Fsp3) is 0.357. The zero-order valence-electron chi connectivity index (χ0n) is 10.8. The Morgan fingerprint density at radius 1 is 1.28 bits per heavy atom. The van der Waals surface area contributed by atoms with Crippen molar-refractivity contribution in [2.75, 3.05) is 0 Å². The number of aromatic nitrogens is 2. The Morgan fingerprint density at radius 2 is 2.00 bits per heavy atom. The fourth-order valence-electron chi connectivity index (χ4n) is 1.98. The first-order valence-electron chi connectivity index (χ1n) is 5.98. The van der Waals surface area contributed by atoms with Crippen LogP contribution in [-0.4, -0.2) is 14.9 Å². The van der Waals surface area contributed by atoms with E-state index in [1.165, 1.54) is 0 Å². The quantitative estimate of drug-likeness (QED) is 0.940. The first kappa shape index (κ1) is 13.3. The Morgan fingerprint density at radius 3 is 2.61 bits per heavy atom. The SMILES string of the molecule is Cc1cc(C(O)c2ccnn2C(C)C)ccc1Br. The van der Waals surface area contributed by atoms with Crippen LogP contribution in [0.15, 0.2) is 34.9 Å². The third-order valence-electron chi connectivity index (χ3n) is 2.97. The summed E-state index contributed by atoms with van der Waals surface area (Å²) < 4.78 is 2.90. The molecule has 1 unspecified atom stereocenters. The average Bonchev–Trinajstić information content (AvgIpc) is 2.81. The topological polar surface area (TPSA) is 38.1 Å². The van der Waals surface area contributed by atoms with Crippen molar-refractivity contribution in [3.63, 3.8) is 0 Å². The van der Waals surface area contributed by atoms with E-state index in [9.17, 15) is 5.11 Å². The fourth-order valence-corrected chi connectivity index (χ4v) is 2.23. The lowest BCUT2D eigenvalue weighted by Crippen LogP contribution is -2.12. The lowest BCUT2D eigenvalue weighted by atomic mass is 10.0. The summed E-state index contributed by atoms with van der Waals surface area (Å²) in [4.78, 5) is 0. The number of aliphatic hydroxyl groups excluding tert-OH is 1. The highest BCUT2D eigenvalue weighted by atomic mass is 79.9. The molecule has 0 radical (unpaired) electrons. The predicted octanol–water partition coefficient (Wildman–Crippen LogP) is 3.62. The van der Waals surface area contributed by atoms with E-state index in [4.69, 9.17) is 0 Å². The predicted molar refractivity (Wildman–Crippen MR) is 75.6 cm³/mol. The first-order chi connectivity index (χ1) is 8.50. The van der Waals surface area contributed by atoms with Crippen molar-refractivity contribution in [1.82, 2.24) is 9.78 Å². The summed E-state index contributed by atoms with van der Waals surface area (Å²) in [5.41, 5.74) is 2.83. The standard InChI is InChI=1S/C14H17BrN2O/c1-9(2)17-13(6-7-16-17)14(18)11-4-5-12(15)10(3)8-11/h4-9,14,18H,1-3H3. The second kappa shape index (κ2) is 5.24. The van der Waals surface area contributed by atoms with Gasteiger partial charge in [0.2, 0.25) is 0 Å². The highest BCUT2D eigenvalue weighted by Crippen LogP contribution is 2.26. The van der Waals surface area contributed by atoms with Crippen molar-refractivity contribution in [3.05, 3.63) is 51.8 Å². The van der Waals surface area contributed by atoms with Crippen LogP contribution < -0.4 is 0 Å². The number of hydrogen-bond acceptors (Lipinski definition) is 2. The van der Waals surface area contributed by atoms with Crippen LogP contribution in [0.3, 0.4) is 0 Å². The molecule has 0 saturated carbocycles. The Bertz CT molecular complexity index is 548. The minimum absolute atomic E-state index is 0.237. The molecule has 0 aliphatic rings. The summed E-state index contributed by atoms with van der Waals surface area (Å²) in [5.74, 6) is 0. The number of nitrogens with zero attached hydrogens (tertiary/aromatic N) is 2. The van der Waals surface area contributed by atoms with Crippen molar-refractivity contribution in [2.45, 2.75) is 32.9 Å². The second-order valence-corrected chi connectivity index (χ2v) is 5.56. The number of hydrogen-bond donors (Lipinski definition) is 1. The van der Waals surface area contributed by atoms with Gasteiger partial charge in [0.25, 0.3) is 0 Å². The van der Waals surface area contributed by atoms with Gasteiger partial charge in [-0.3, -0.25) is 4.68 Å². The molecule has 4 heteroatoms. The van der Waals surface area contributed by atoms with Crippen LogP contribution >= 0.6 is 15.9 Å². The summed E-state index contributed by atoms with van der Waals surface area (Å²) in [7, 11) is 0. The van der Waals surface area contributed by atoms with E-state index in [2.05, 4.69) is 34.9 Å². The summed E-state index contributed by atoms with van der Waals surface area (Å²) in [6.45, 7) is 6.12. The molecule has 3 nitrogen and oxygen atoms in total. The van der Waals surface area contributed by atoms with Crippen LogP contribution in [0.4, 0.5) is 0 Å². The minimum Gasteiger partial charge on any atom is -0.382 e. The number of aliphatic hydroxyl groups is 1. The Labute approximate surface area is 116 Å². The van der Waals surface area contributed by atoms with Crippen molar-refractivity contribution in [3.8, 4) is 0 Å². The molecule has 1 N–H and O–H groups in total. The molecular formula is C14H17BrN2O. The molecule has 1 atom stereocenters. The van der Waals surface area contributed by atoms with E-state index in [1.54, 1.807) is 6.20 Å². The van der Waals surface area contributed by atoms with Crippen LogP contribution in [0.5, 0.6) is 0 Å². The first-order valence-corrected chi connectivity index (χ1v) is 6.77.